The molecule has 0 saturated carbocycles. The minimum atomic E-state index is -0.833. The molecular weight excluding hydrogens is 538 g/mol. The Morgan fingerprint density at radius 1 is 1.15 bits per heavy atom. The Morgan fingerprint density at radius 2 is 1.85 bits per heavy atom. The molecule has 0 saturated heterocycles. The second-order valence-corrected chi connectivity index (χ2v) is 10.9. The normalized spacial score (nSPS) is 11.9. The number of nitrogens with zero attached hydrogens (tertiary/aromatic N) is 4. The first-order valence-corrected chi connectivity index (χ1v) is 13.5. The van der Waals surface area contributed by atoms with Gasteiger partial charge in [0, 0.05) is 43.2 Å². The van der Waals surface area contributed by atoms with Crippen molar-refractivity contribution < 1.29 is 19.4 Å². The van der Waals surface area contributed by atoms with E-state index in [1.54, 1.807) is 6.33 Å². The number of carboxylic acid groups (broad SMARTS) is 1. The van der Waals surface area contributed by atoms with Crippen LogP contribution in [0.15, 0.2) is 54.9 Å². The number of imidazole rings is 1. The smallest absolute Gasteiger partial charge is 0.300 e. The van der Waals surface area contributed by atoms with Gasteiger partial charge < -0.3 is 25.4 Å². The van der Waals surface area contributed by atoms with Gasteiger partial charge in [-0.1, -0.05) is 35.9 Å². The molecule has 208 valence electrons. The number of carbonyl (C=O) groups is 2. The summed E-state index contributed by atoms with van der Waals surface area (Å²) in [5, 5.41) is 8.83. The van der Waals surface area contributed by atoms with E-state index in [2.05, 4.69) is 48.1 Å². The van der Waals surface area contributed by atoms with Crippen LogP contribution in [0.1, 0.15) is 40.8 Å². The van der Waals surface area contributed by atoms with Crippen LogP contribution in [0, 0.1) is 0 Å². The summed E-state index contributed by atoms with van der Waals surface area (Å²) in [6.45, 7) is 5.78. The monoisotopic (exact) mass is 571 g/mol. The van der Waals surface area contributed by atoms with Gasteiger partial charge in [0.05, 0.1) is 11.0 Å². The van der Waals surface area contributed by atoms with E-state index in [0.717, 1.165) is 48.2 Å². The van der Waals surface area contributed by atoms with Gasteiger partial charge in [0.2, 0.25) is 0 Å². The van der Waals surface area contributed by atoms with Crippen molar-refractivity contribution in [1.82, 2.24) is 19.4 Å². The fourth-order valence-electron chi connectivity index (χ4n) is 3.89. The average Bonchev–Trinajstić information content (AvgIpc) is 3.46. The van der Waals surface area contributed by atoms with Gasteiger partial charge in [-0.25, -0.2) is 4.98 Å². The molecule has 2 aromatic heterocycles. The maximum absolute atomic E-state index is 12.2. The number of hydrogen-bond donors (Lipinski definition) is 2. The third-order valence-electron chi connectivity index (χ3n) is 5.79. The van der Waals surface area contributed by atoms with Crippen molar-refractivity contribution in [2.45, 2.75) is 26.5 Å². The van der Waals surface area contributed by atoms with Gasteiger partial charge in [0.25, 0.3) is 11.9 Å². The molecular formula is C28H34ClN5O4S. The molecule has 4 rings (SSSR count). The molecule has 2 aromatic carbocycles. The molecule has 2 heterocycles. The maximum Gasteiger partial charge on any atom is 0.300 e. The third-order valence-corrected chi connectivity index (χ3v) is 7.26. The van der Waals surface area contributed by atoms with Crippen LogP contribution in [0.4, 0.5) is 0 Å². The van der Waals surface area contributed by atoms with Crippen molar-refractivity contribution in [3.63, 3.8) is 0 Å². The Hall–Kier alpha value is -3.44. The van der Waals surface area contributed by atoms with Crippen molar-refractivity contribution in [2.75, 3.05) is 34.2 Å². The van der Waals surface area contributed by atoms with Crippen LogP contribution < -0.4 is 10.5 Å². The molecule has 0 aliphatic carbocycles. The van der Waals surface area contributed by atoms with Crippen molar-refractivity contribution in [1.29, 1.82) is 0 Å². The summed E-state index contributed by atoms with van der Waals surface area (Å²) in [4.78, 5) is 30.6. The summed E-state index contributed by atoms with van der Waals surface area (Å²) in [5.74, 6) is -0.929. The lowest BCUT2D eigenvalue weighted by molar-refractivity contribution is -0.134. The van der Waals surface area contributed by atoms with Crippen LogP contribution >= 0.6 is 22.9 Å². The van der Waals surface area contributed by atoms with Crippen molar-refractivity contribution >= 4 is 45.8 Å². The SMILES string of the molecule is CC(=O)O.C[C@@H](Oc1cc(-n2cnc3ccc(CN(C)CCN(C)C)cc32)sc1C(N)=O)c1ccccc1Cl. The standard InChI is InChI=1S/C26H30ClN5O2S.C2H4O2/c1-17(19-7-5-6-8-20(19)27)34-23-14-24(35-25(23)26(28)33)32-16-29-21-10-9-18(13-22(21)32)15-31(4)12-11-30(2)3;1-2(3)4/h5-10,13-14,16-17H,11-12,15H2,1-4H3,(H2,28,33);1H3,(H,3,4)/t17-;/m1./s1. The molecule has 1 amide bonds. The van der Waals surface area contributed by atoms with Gasteiger partial charge in [-0.15, -0.1) is 11.3 Å². The highest BCUT2D eigenvalue weighted by molar-refractivity contribution is 7.16. The zero-order valence-electron chi connectivity index (χ0n) is 22.7. The molecule has 9 nitrogen and oxygen atoms in total. The number of aliphatic carboxylic acids is 1. The summed E-state index contributed by atoms with van der Waals surface area (Å²) in [7, 11) is 6.27. The number of amides is 1. The topological polar surface area (TPSA) is 114 Å². The quantitative estimate of drug-likeness (QED) is 0.273. The van der Waals surface area contributed by atoms with Crippen LogP contribution in [0.2, 0.25) is 5.02 Å². The fraction of sp³-hybridized carbons (Fsp3) is 0.321. The summed E-state index contributed by atoms with van der Waals surface area (Å²) < 4.78 is 8.14. The fourth-order valence-corrected chi connectivity index (χ4v) is 5.10. The van der Waals surface area contributed by atoms with Gasteiger partial charge in [0.1, 0.15) is 28.1 Å². The summed E-state index contributed by atoms with van der Waals surface area (Å²) >= 11 is 7.63. The molecule has 0 radical (unpaired) electrons. The number of likely N-dealkylation sites (N-methyl/N-ethyl adjacent to an activating group) is 2. The molecule has 0 aliphatic rings. The molecule has 39 heavy (non-hydrogen) atoms. The van der Waals surface area contributed by atoms with E-state index in [0.29, 0.717) is 15.6 Å². The zero-order valence-corrected chi connectivity index (χ0v) is 24.3. The van der Waals surface area contributed by atoms with Gasteiger partial charge in [0.15, 0.2) is 0 Å². The van der Waals surface area contributed by atoms with Crippen LogP contribution in [0.25, 0.3) is 16.0 Å². The van der Waals surface area contributed by atoms with E-state index >= 15 is 0 Å². The number of aromatic nitrogens is 2. The molecule has 11 heteroatoms. The van der Waals surface area contributed by atoms with E-state index < -0.39 is 11.9 Å². The van der Waals surface area contributed by atoms with Crippen LogP contribution in [-0.4, -0.2) is 70.6 Å². The van der Waals surface area contributed by atoms with Crippen LogP contribution in [-0.2, 0) is 11.3 Å². The van der Waals surface area contributed by atoms with E-state index in [9.17, 15) is 4.79 Å². The zero-order chi connectivity index (χ0) is 28.7. The van der Waals surface area contributed by atoms with Crippen molar-refractivity contribution in [2.24, 2.45) is 5.73 Å². The molecule has 0 aliphatic heterocycles. The second kappa shape index (κ2) is 13.6. The molecule has 0 fully saturated rings. The average molecular weight is 572 g/mol. The van der Waals surface area contributed by atoms with E-state index in [-0.39, 0.29) is 6.10 Å². The number of benzene rings is 2. The highest BCUT2D eigenvalue weighted by Gasteiger charge is 2.21. The lowest BCUT2D eigenvalue weighted by Crippen LogP contribution is -2.28. The number of nitrogens with two attached hydrogens (primary N) is 1. The number of rotatable bonds is 10. The maximum atomic E-state index is 12.2. The van der Waals surface area contributed by atoms with Gasteiger partial charge in [-0.3, -0.25) is 14.2 Å². The highest BCUT2D eigenvalue weighted by Crippen LogP contribution is 2.37. The van der Waals surface area contributed by atoms with Gasteiger partial charge in [-0.2, -0.15) is 0 Å². The molecule has 0 bridgehead atoms. The van der Waals surface area contributed by atoms with Gasteiger partial charge in [-0.05, 0) is 51.8 Å². The minimum absolute atomic E-state index is 0.354. The molecule has 4 aromatic rings. The Morgan fingerprint density at radius 3 is 2.49 bits per heavy atom. The predicted octanol–water partition coefficient (Wildman–Crippen LogP) is 5.06. The van der Waals surface area contributed by atoms with Crippen LogP contribution in [0.5, 0.6) is 5.75 Å². The Labute approximate surface area is 237 Å². The lowest BCUT2D eigenvalue weighted by Gasteiger charge is -2.19. The van der Waals surface area contributed by atoms with Gasteiger partial charge >= 0.3 is 0 Å². The summed E-state index contributed by atoms with van der Waals surface area (Å²) in [6.07, 6.45) is 1.41. The first kappa shape index (κ1) is 30.1. The largest absolute Gasteiger partial charge is 0.484 e. The number of primary amides is 1. The van der Waals surface area contributed by atoms with Crippen molar-refractivity contribution in [3.8, 4) is 10.8 Å². The number of ether oxygens (including phenoxy) is 1. The van der Waals surface area contributed by atoms with Crippen LogP contribution in [0.3, 0.4) is 0 Å². The third kappa shape index (κ3) is 8.27. The number of halogens is 1. The molecule has 0 spiro atoms. The van der Waals surface area contributed by atoms with E-state index in [1.807, 2.05) is 47.9 Å². The minimum Gasteiger partial charge on any atom is -0.484 e. The summed E-state index contributed by atoms with van der Waals surface area (Å²) in [5.41, 5.74) is 9.57. The second-order valence-electron chi connectivity index (χ2n) is 9.42. The van der Waals surface area contributed by atoms with E-state index in [4.69, 9.17) is 32.0 Å². The number of hydrogen-bond acceptors (Lipinski definition) is 7. The molecule has 3 N–H and O–H groups in total. The molecule has 1 atom stereocenters. The number of fused-ring (bicyclic) bond motifs is 1. The predicted molar refractivity (Wildman–Crippen MR) is 156 cm³/mol. The highest BCUT2D eigenvalue weighted by atomic mass is 35.5. The number of carbonyl (C=O) groups excluding carboxylic acids is 1. The number of carboxylic acids is 1. The molecule has 0 unspecified atom stereocenters. The summed E-state index contributed by atoms with van der Waals surface area (Å²) in [6, 6.07) is 15.6. The Kier molecular flexibility index (Phi) is 10.5. The first-order chi connectivity index (χ1) is 18.5. The Bertz CT molecular complexity index is 1430. The Balaban J connectivity index is 0.000000983. The van der Waals surface area contributed by atoms with E-state index in [1.165, 1.54) is 16.9 Å². The lowest BCUT2D eigenvalue weighted by atomic mass is 10.1. The number of thiophene rings is 1. The van der Waals surface area contributed by atoms with Crippen molar-refractivity contribution in [3.05, 3.63) is 75.9 Å². The first-order valence-electron chi connectivity index (χ1n) is 12.3.